The molecule has 0 saturated carbocycles. The van der Waals surface area contributed by atoms with Crippen molar-refractivity contribution in [1.29, 1.82) is 0 Å². The molecule has 208 valence electrons. The van der Waals surface area contributed by atoms with Crippen molar-refractivity contribution < 1.29 is 19.4 Å². The van der Waals surface area contributed by atoms with Gasteiger partial charge < -0.3 is 25.2 Å². The van der Waals surface area contributed by atoms with Gasteiger partial charge in [-0.1, -0.05) is 29.3 Å². The number of pyridine rings is 1. The zero-order valence-corrected chi connectivity index (χ0v) is 23.8. The van der Waals surface area contributed by atoms with Gasteiger partial charge in [-0.15, -0.1) is 0 Å². The third-order valence-electron chi connectivity index (χ3n) is 5.94. The summed E-state index contributed by atoms with van der Waals surface area (Å²) >= 11 is 13.0. The number of amides is 2. The number of aromatic nitrogens is 3. The number of urea groups is 1. The van der Waals surface area contributed by atoms with E-state index in [-0.39, 0.29) is 18.4 Å². The minimum absolute atomic E-state index is 0.0629. The van der Waals surface area contributed by atoms with Gasteiger partial charge in [0.2, 0.25) is 5.95 Å². The third-order valence-corrected chi connectivity index (χ3v) is 6.57. The molecule has 4 N–H and O–H groups in total. The minimum atomic E-state index is -0.927. The largest absolute Gasteiger partial charge is 0.449 e. The van der Waals surface area contributed by atoms with E-state index in [1.54, 1.807) is 55.6 Å². The Balaban J connectivity index is 1.49. The number of benzene rings is 2. The maximum Gasteiger partial charge on any atom is 0.320 e. The number of carbonyl (C=O) groups excluding carboxylic acids is 1. The van der Waals surface area contributed by atoms with Crippen LogP contribution in [-0.4, -0.2) is 44.0 Å². The summed E-state index contributed by atoms with van der Waals surface area (Å²) in [5, 5.41) is 19.6. The highest BCUT2D eigenvalue weighted by atomic mass is 35.5. The fraction of sp³-hybridized carbons (Fsp3) is 0.286. The summed E-state index contributed by atoms with van der Waals surface area (Å²) < 4.78 is 11.7. The Morgan fingerprint density at radius 3 is 2.48 bits per heavy atom. The number of aliphatic hydroxyl groups is 1. The van der Waals surface area contributed by atoms with E-state index in [4.69, 9.17) is 32.7 Å². The quantitative estimate of drug-likeness (QED) is 0.202. The van der Waals surface area contributed by atoms with Crippen LogP contribution in [0.4, 0.5) is 22.2 Å². The Bertz CT molecular complexity index is 1590. The predicted octanol–water partition coefficient (Wildman–Crippen LogP) is 6.53. The Hall–Kier alpha value is -3.86. The zero-order valence-electron chi connectivity index (χ0n) is 22.3. The number of aliphatic hydroxyl groups excluding tert-OH is 1. The van der Waals surface area contributed by atoms with Gasteiger partial charge in [-0.2, -0.15) is 4.98 Å². The first-order chi connectivity index (χ1) is 18.9. The van der Waals surface area contributed by atoms with Crippen molar-refractivity contribution in [3.8, 4) is 22.6 Å². The number of halogens is 2. The van der Waals surface area contributed by atoms with Gasteiger partial charge in [-0.05, 0) is 51.1 Å². The molecule has 10 nitrogen and oxygen atoms in total. The number of carbonyl (C=O) groups is 1. The molecule has 0 fully saturated rings. The summed E-state index contributed by atoms with van der Waals surface area (Å²) in [7, 11) is 0. The van der Waals surface area contributed by atoms with Crippen LogP contribution in [0.25, 0.3) is 22.2 Å². The highest BCUT2D eigenvalue weighted by Crippen LogP contribution is 2.43. The summed E-state index contributed by atoms with van der Waals surface area (Å²) in [6, 6.07) is 11.9. The highest BCUT2D eigenvalue weighted by Gasteiger charge is 2.36. The molecule has 0 saturated heterocycles. The van der Waals surface area contributed by atoms with Crippen LogP contribution < -0.4 is 25.4 Å². The molecule has 0 radical (unpaired) electrons. The number of ether oxygens (including phenoxy) is 2. The molecule has 0 aliphatic carbocycles. The van der Waals surface area contributed by atoms with Gasteiger partial charge in [-0.25, -0.2) is 14.8 Å². The molecule has 4 aromatic rings. The third kappa shape index (κ3) is 5.99. The van der Waals surface area contributed by atoms with E-state index in [0.29, 0.717) is 55.8 Å². The number of hydrogen-bond acceptors (Lipinski definition) is 8. The number of nitrogens with one attached hydrogen (secondary N) is 3. The van der Waals surface area contributed by atoms with Crippen molar-refractivity contribution in [1.82, 2.24) is 20.3 Å². The van der Waals surface area contributed by atoms with Gasteiger partial charge in [0.25, 0.3) is 5.79 Å². The first kappa shape index (κ1) is 27.7. The van der Waals surface area contributed by atoms with Crippen LogP contribution in [0.1, 0.15) is 34.1 Å². The number of hydrogen-bond donors (Lipinski definition) is 4. The molecular weight excluding hydrogens is 555 g/mol. The molecule has 1 atom stereocenters. The number of fused-ring (bicyclic) bond motifs is 2. The lowest BCUT2D eigenvalue weighted by Gasteiger charge is -2.21. The summed E-state index contributed by atoms with van der Waals surface area (Å²) in [5.41, 5.74) is 1.59. The van der Waals surface area contributed by atoms with E-state index >= 15 is 0 Å². The van der Waals surface area contributed by atoms with Crippen LogP contribution in [0.3, 0.4) is 0 Å². The van der Waals surface area contributed by atoms with E-state index < -0.39 is 17.4 Å². The van der Waals surface area contributed by atoms with Crippen LogP contribution in [0.15, 0.2) is 48.7 Å². The first-order valence-corrected chi connectivity index (χ1v) is 13.3. The summed E-state index contributed by atoms with van der Waals surface area (Å²) in [5.74, 6) is 0.713. The molecular formula is C28H28Cl2N6O4. The van der Waals surface area contributed by atoms with Crippen LogP contribution in [0.2, 0.25) is 10.0 Å². The molecule has 1 aliphatic rings. The van der Waals surface area contributed by atoms with Crippen LogP contribution >= 0.6 is 23.2 Å². The normalized spacial score (nSPS) is 16.2. The fourth-order valence-corrected chi connectivity index (χ4v) is 4.82. The molecule has 12 heteroatoms. The standard InChI is InChI=1S/C28H28Cl2N6O4/c1-27(2,3)36-26(38)35-24-17(22-18(29)6-5-7-19(22)30)12-15-14-31-25(34-23(15)33-24)32-16-8-9-20-21(13-16)40-28(4,39-20)10-11-37/h5-9,12-14,37H,10-11H2,1-4H3,(H3,31,32,33,34,35,36,38). The van der Waals surface area contributed by atoms with Gasteiger partial charge in [0.05, 0.1) is 16.7 Å². The maximum atomic E-state index is 12.8. The average Bonchev–Trinajstić information content (AvgIpc) is 3.18. The van der Waals surface area contributed by atoms with Gasteiger partial charge in [0.1, 0.15) is 5.82 Å². The molecule has 2 aromatic heterocycles. The van der Waals surface area contributed by atoms with Crippen molar-refractivity contribution in [2.24, 2.45) is 0 Å². The Morgan fingerprint density at radius 2 is 1.77 bits per heavy atom. The highest BCUT2D eigenvalue weighted by molar-refractivity contribution is 6.39. The van der Waals surface area contributed by atoms with Crippen LogP contribution in [-0.2, 0) is 0 Å². The van der Waals surface area contributed by atoms with E-state index in [9.17, 15) is 9.90 Å². The lowest BCUT2D eigenvalue weighted by Crippen LogP contribution is -2.43. The second-order valence-corrected chi connectivity index (χ2v) is 11.3. The molecule has 3 heterocycles. The summed E-state index contributed by atoms with van der Waals surface area (Å²) in [6.45, 7) is 7.33. The number of nitrogens with zero attached hydrogens (tertiary/aromatic N) is 3. The van der Waals surface area contributed by atoms with Crippen molar-refractivity contribution in [2.75, 3.05) is 17.2 Å². The van der Waals surface area contributed by atoms with E-state index in [1.807, 2.05) is 20.8 Å². The molecule has 2 amide bonds. The van der Waals surface area contributed by atoms with E-state index in [2.05, 4.69) is 30.9 Å². The minimum Gasteiger partial charge on any atom is -0.449 e. The second-order valence-electron chi connectivity index (χ2n) is 10.5. The molecule has 0 bridgehead atoms. The molecule has 2 aromatic carbocycles. The molecule has 40 heavy (non-hydrogen) atoms. The van der Waals surface area contributed by atoms with Crippen molar-refractivity contribution in [3.63, 3.8) is 0 Å². The number of rotatable bonds is 6. The molecule has 1 unspecified atom stereocenters. The topological polar surface area (TPSA) is 131 Å². The molecule has 1 aliphatic heterocycles. The van der Waals surface area contributed by atoms with Crippen molar-refractivity contribution in [3.05, 3.63) is 58.7 Å². The predicted molar refractivity (Wildman–Crippen MR) is 156 cm³/mol. The van der Waals surface area contributed by atoms with Gasteiger partial charge in [0.15, 0.2) is 17.1 Å². The van der Waals surface area contributed by atoms with Gasteiger partial charge in [-0.3, -0.25) is 5.32 Å². The van der Waals surface area contributed by atoms with Crippen molar-refractivity contribution >= 4 is 57.7 Å². The van der Waals surface area contributed by atoms with Gasteiger partial charge >= 0.3 is 6.03 Å². The Labute approximate surface area is 241 Å². The van der Waals surface area contributed by atoms with Gasteiger partial charge in [0, 0.05) is 53.3 Å². The molecule has 5 rings (SSSR count). The smallest absolute Gasteiger partial charge is 0.320 e. The summed E-state index contributed by atoms with van der Waals surface area (Å²) in [4.78, 5) is 26.5. The van der Waals surface area contributed by atoms with Crippen LogP contribution in [0.5, 0.6) is 11.5 Å². The van der Waals surface area contributed by atoms with Crippen molar-refractivity contribution in [2.45, 2.75) is 45.4 Å². The molecule has 0 spiro atoms. The fourth-order valence-electron chi connectivity index (χ4n) is 4.21. The Kier molecular flexibility index (Phi) is 7.34. The number of anilines is 3. The first-order valence-electron chi connectivity index (χ1n) is 12.5. The van der Waals surface area contributed by atoms with Crippen LogP contribution in [0, 0.1) is 0 Å². The van der Waals surface area contributed by atoms with E-state index in [1.165, 1.54) is 0 Å². The average molecular weight is 583 g/mol. The lowest BCUT2D eigenvalue weighted by molar-refractivity contribution is -0.0769. The Morgan fingerprint density at radius 1 is 1.05 bits per heavy atom. The zero-order chi connectivity index (χ0) is 28.7. The summed E-state index contributed by atoms with van der Waals surface area (Å²) in [6.07, 6.45) is 1.95. The maximum absolute atomic E-state index is 12.8. The SMILES string of the molecule is CC(C)(C)NC(=O)Nc1nc2nc(Nc3ccc4c(c3)OC(C)(CCO)O4)ncc2cc1-c1c(Cl)cccc1Cl. The lowest BCUT2D eigenvalue weighted by atomic mass is 10.0. The monoisotopic (exact) mass is 582 g/mol. The van der Waals surface area contributed by atoms with E-state index in [0.717, 1.165) is 0 Å². The second kappa shape index (κ2) is 10.6.